The first-order valence-electron chi connectivity index (χ1n) is 11.4. The molecular formula is C25H37FO4. The van der Waals surface area contributed by atoms with Gasteiger partial charge < -0.3 is 9.47 Å². The molecule has 0 unspecified atom stereocenters. The molecule has 0 aromatic heterocycles. The van der Waals surface area contributed by atoms with Crippen molar-refractivity contribution in [1.29, 1.82) is 0 Å². The van der Waals surface area contributed by atoms with Crippen LogP contribution in [0.25, 0.3) is 0 Å². The van der Waals surface area contributed by atoms with Gasteiger partial charge in [0.2, 0.25) is 0 Å². The van der Waals surface area contributed by atoms with Crippen molar-refractivity contribution in [2.75, 3.05) is 6.61 Å². The first-order valence-corrected chi connectivity index (χ1v) is 11.4. The highest BCUT2D eigenvalue weighted by molar-refractivity contribution is 5.92. The zero-order valence-electron chi connectivity index (χ0n) is 18.4. The van der Waals surface area contributed by atoms with Crippen LogP contribution in [0.5, 0.6) is 5.75 Å². The van der Waals surface area contributed by atoms with Crippen LogP contribution in [0.1, 0.15) is 90.4 Å². The number of carbonyl (C=O) groups is 2. The SMILES string of the molecule is CCCCCCCCCCCCCCCOC(=O)/C=C/C(=O)Oc1ccccc1F. The number of rotatable bonds is 17. The molecule has 0 fully saturated rings. The molecule has 0 aliphatic rings. The zero-order valence-corrected chi connectivity index (χ0v) is 18.4. The molecule has 0 aliphatic heterocycles. The Bertz CT molecular complexity index is 627. The lowest BCUT2D eigenvalue weighted by molar-refractivity contribution is -0.138. The second kappa shape index (κ2) is 17.7. The number of hydrogen-bond donors (Lipinski definition) is 0. The predicted octanol–water partition coefficient (Wildman–Crippen LogP) is 6.92. The fourth-order valence-corrected chi connectivity index (χ4v) is 3.15. The van der Waals surface area contributed by atoms with Gasteiger partial charge in [0.05, 0.1) is 6.61 Å². The van der Waals surface area contributed by atoms with Gasteiger partial charge >= 0.3 is 11.9 Å². The minimum absolute atomic E-state index is 0.174. The van der Waals surface area contributed by atoms with E-state index in [0.29, 0.717) is 6.61 Å². The second-order valence-corrected chi connectivity index (χ2v) is 7.59. The number of para-hydroxylation sites is 1. The Morgan fingerprint density at radius 3 is 1.83 bits per heavy atom. The van der Waals surface area contributed by atoms with Crippen LogP contribution in [0.15, 0.2) is 36.4 Å². The van der Waals surface area contributed by atoms with Gasteiger partial charge in [0.1, 0.15) is 0 Å². The minimum Gasteiger partial charge on any atom is -0.463 e. The van der Waals surface area contributed by atoms with E-state index in [0.717, 1.165) is 31.4 Å². The normalized spacial score (nSPS) is 11.0. The average molecular weight is 421 g/mol. The molecule has 0 amide bonds. The van der Waals surface area contributed by atoms with E-state index >= 15 is 0 Å². The third-order valence-corrected chi connectivity index (χ3v) is 4.89. The summed E-state index contributed by atoms with van der Waals surface area (Å²) in [5.74, 6) is -2.23. The number of esters is 2. The Balaban J connectivity index is 1.94. The van der Waals surface area contributed by atoms with E-state index < -0.39 is 17.8 Å². The number of benzene rings is 1. The minimum atomic E-state index is -0.821. The Labute approximate surface area is 180 Å². The molecule has 0 spiro atoms. The summed E-state index contributed by atoms with van der Waals surface area (Å²) in [6.07, 6.45) is 18.3. The monoisotopic (exact) mass is 420 g/mol. The molecule has 5 heteroatoms. The molecule has 0 saturated carbocycles. The summed E-state index contributed by atoms with van der Waals surface area (Å²) < 4.78 is 23.3. The van der Waals surface area contributed by atoms with Crippen molar-refractivity contribution in [2.24, 2.45) is 0 Å². The van der Waals surface area contributed by atoms with Gasteiger partial charge in [-0.2, -0.15) is 0 Å². The first kappa shape index (κ1) is 25.9. The largest absolute Gasteiger partial charge is 0.463 e. The topological polar surface area (TPSA) is 52.6 Å². The van der Waals surface area contributed by atoms with E-state index in [9.17, 15) is 14.0 Å². The van der Waals surface area contributed by atoms with Crippen LogP contribution in [0, 0.1) is 5.82 Å². The van der Waals surface area contributed by atoms with E-state index in [4.69, 9.17) is 9.47 Å². The summed E-state index contributed by atoms with van der Waals surface area (Å²) in [4.78, 5) is 23.2. The third kappa shape index (κ3) is 13.9. The molecular weight excluding hydrogens is 383 g/mol. The Morgan fingerprint density at radius 2 is 1.27 bits per heavy atom. The maximum absolute atomic E-state index is 13.4. The smallest absolute Gasteiger partial charge is 0.336 e. The van der Waals surface area contributed by atoms with Gasteiger partial charge in [-0.1, -0.05) is 96.1 Å². The molecule has 1 aromatic rings. The van der Waals surface area contributed by atoms with Gasteiger partial charge in [-0.25, -0.2) is 14.0 Å². The van der Waals surface area contributed by atoms with Crippen molar-refractivity contribution in [2.45, 2.75) is 90.4 Å². The quantitative estimate of drug-likeness (QED) is 0.119. The van der Waals surface area contributed by atoms with Gasteiger partial charge in [0.25, 0.3) is 0 Å². The van der Waals surface area contributed by atoms with Crippen LogP contribution < -0.4 is 4.74 Å². The molecule has 0 atom stereocenters. The molecule has 0 bridgehead atoms. The second-order valence-electron chi connectivity index (χ2n) is 7.59. The maximum atomic E-state index is 13.4. The summed E-state index contributed by atoms with van der Waals surface area (Å²) in [5.41, 5.74) is 0. The van der Waals surface area contributed by atoms with Crippen molar-refractivity contribution >= 4 is 11.9 Å². The fraction of sp³-hybridized carbons (Fsp3) is 0.600. The van der Waals surface area contributed by atoms with E-state index in [1.807, 2.05) is 0 Å². The van der Waals surface area contributed by atoms with Crippen LogP contribution in [0.2, 0.25) is 0 Å². The van der Waals surface area contributed by atoms with Crippen molar-refractivity contribution in [3.05, 3.63) is 42.2 Å². The Morgan fingerprint density at radius 1 is 0.767 bits per heavy atom. The van der Waals surface area contributed by atoms with Crippen LogP contribution >= 0.6 is 0 Å². The highest BCUT2D eigenvalue weighted by Gasteiger charge is 2.06. The molecule has 4 nitrogen and oxygen atoms in total. The molecule has 168 valence electrons. The van der Waals surface area contributed by atoms with E-state index in [1.54, 1.807) is 6.07 Å². The van der Waals surface area contributed by atoms with Gasteiger partial charge in [-0.3, -0.25) is 0 Å². The number of carbonyl (C=O) groups excluding carboxylic acids is 2. The highest BCUT2D eigenvalue weighted by Crippen LogP contribution is 2.15. The highest BCUT2D eigenvalue weighted by atomic mass is 19.1. The molecule has 0 aliphatic carbocycles. The van der Waals surface area contributed by atoms with Crippen molar-refractivity contribution in [1.82, 2.24) is 0 Å². The summed E-state index contributed by atoms with van der Waals surface area (Å²) in [5, 5.41) is 0. The number of ether oxygens (including phenoxy) is 2. The zero-order chi connectivity index (χ0) is 21.9. The van der Waals surface area contributed by atoms with Crippen LogP contribution in [0.4, 0.5) is 4.39 Å². The van der Waals surface area contributed by atoms with E-state index in [2.05, 4.69) is 6.92 Å². The summed E-state index contributed by atoms with van der Waals surface area (Å²) >= 11 is 0. The Kier molecular flexibility index (Phi) is 15.2. The standard InChI is InChI=1S/C25H37FO4/c1-2-3-4-5-6-7-8-9-10-11-12-13-16-21-29-24(27)19-20-25(28)30-23-18-15-14-17-22(23)26/h14-15,17-20H,2-13,16,21H2,1H3/b20-19+. The molecule has 30 heavy (non-hydrogen) atoms. The van der Waals surface area contributed by atoms with Crippen LogP contribution in [-0.2, 0) is 14.3 Å². The molecule has 0 radical (unpaired) electrons. The van der Waals surface area contributed by atoms with Crippen LogP contribution in [0.3, 0.4) is 0 Å². The van der Waals surface area contributed by atoms with Gasteiger partial charge in [-0.15, -0.1) is 0 Å². The number of hydrogen-bond acceptors (Lipinski definition) is 4. The van der Waals surface area contributed by atoms with Crippen LogP contribution in [-0.4, -0.2) is 18.5 Å². The molecule has 0 heterocycles. The van der Waals surface area contributed by atoms with E-state index in [1.165, 1.54) is 82.4 Å². The maximum Gasteiger partial charge on any atom is 0.336 e. The summed E-state index contributed by atoms with van der Waals surface area (Å²) in [6, 6.07) is 5.58. The van der Waals surface area contributed by atoms with Crippen molar-refractivity contribution < 1.29 is 23.5 Å². The number of halogens is 1. The van der Waals surface area contributed by atoms with E-state index in [-0.39, 0.29) is 5.75 Å². The van der Waals surface area contributed by atoms with Gasteiger partial charge in [0.15, 0.2) is 11.6 Å². The number of unbranched alkanes of at least 4 members (excludes halogenated alkanes) is 12. The molecule has 0 N–H and O–H groups in total. The molecule has 1 aromatic carbocycles. The average Bonchev–Trinajstić information content (AvgIpc) is 2.74. The first-order chi connectivity index (χ1) is 14.6. The lowest BCUT2D eigenvalue weighted by Crippen LogP contribution is -2.08. The molecule has 0 saturated heterocycles. The van der Waals surface area contributed by atoms with Gasteiger partial charge in [-0.05, 0) is 18.6 Å². The van der Waals surface area contributed by atoms with Crippen molar-refractivity contribution in [3.63, 3.8) is 0 Å². The summed E-state index contributed by atoms with van der Waals surface area (Å²) in [7, 11) is 0. The molecule has 1 rings (SSSR count). The lowest BCUT2D eigenvalue weighted by Gasteiger charge is -2.04. The predicted molar refractivity (Wildman–Crippen MR) is 118 cm³/mol. The fourth-order valence-electron chi connectivity index (χ4n) is 3.15. The van der Waals surface area contributed by atoms with Crippen molar-refractivity contribution in [3.8, 4) is 5.75 Å². The lowest BCUT2D eigenvalue weighted by atomic mass is 10.0. The van der Waals surface area contributed by atoms with Gasteiger partial charge in [0, 0.05) is 12.2 Å². The Hall–Kier alpha value is -2.17. The summed E-state index contributed by atoms with van der Waals surface area (Å²) in [6.45, 7) is 2.58. The third-order valence-electron chi connectivity index (χ3n) is 4.89.